The zero-order chi connectivity index (χ0) is 32.9. The minimum atomic E-state index is 0.384. The fourth-order valence-corrected chi connectivity index (χ4v) is 5.49. The number of anilines is 9. The van der Waals surface area contributed by atoms with Crippen molar-refractivity contribution in [2.45, 2.75) is 0 Å². The molecule has 3 aromatic heterocycles. The Morgan fingerprint density at radius 1 is 0.333 bits per heavy atom. The third kappa shape index (κ3) is 6.29. The molecule has 0 saturated carbocycles. The van der Waals surface area contributed by atoms with Crippen molar-refractivity contribution < 1.29 is 0 Å². The van der Waals surface area contributed by atoms with E-state index in [1.807, 2.05) is 128 Å². The summed E-state index contributed by atoms with van der Waals surface area (Å²) in [5, 5.41) is 10.3. The van der Waals surface area contributed by atoms with Crippen LogP contribution in [0.1, 0.15) is 0 Å². The van der Waals surface area contributed by atoms with E-state index in [1.165, 1.54) is 0 Å². The number of nitrogens with zero attached hydrogens (tertiary/aromatic N) is 3. The fraction of sp³-hybridized carbons (Fsp3) is 0. The Morgan fingerprint density at radius 2 is 0.604 bits per heavy atom. The normalized spacial score (nSPS) is 10.8. The third-order valence-corrected chi connectivity index (χ3v) is 8.06. The van der Waals surface area contributed by atoms with Gasteiger partial charge in [-0.2, -0.15) is 0 Å². The molecule has 3 heterocycles. The Labute approximate surface area is 278 Å². The summed E-state index contributed by atoms with van der Waals surface area (Å²) in [7, 11) is 0. The van der Waals surface area contributed by atoms with Crippen LogP contribution in [0.4, 0.5) is 51.2 Å². The van der Waals surface area contributed by atoms with Gasteiger partial charge < -0.3 is 33.2 Å². The number of aromatic nitrogens is 3. The number of nitrogens with two attached hydrogens (primary N) is 3. The molecule has 0 spiro atoms. The van der Waals surface area contributed by atoms with Crippen LogP contribution in [0.15, 0.2) is 146 Å². The molecule has 0 aliphatic heterocycles. The highest BCUT2D eigenvalue weighted by molar-refractivity contribution is 6.08. The molecule has 7 rings (SSSR count). The molecule has 9 nitrogen and oxygen atoms in total. The Morgan fingerprint density at radius 3 is 0.833 bits per heavy atom. The lowest BCUT2D eigenvalue weighted by atomic mass is 10.1. The average molecular weight is 628 g/mol. The van der Waals surface area contributed by atoms with Gasteiger partial charge in [-0.05, 0) is 88.0 Å². The van der Waals surface area contributed by atoms with Crippen LogP contribution in [-0.2, 0) is 0 Å². The highest BCUT2D eigenvalue weighted by atomic mass is 15.0. The summed E-state index contributed by atoms with van der Waals surface area (Å²) in [4.78, 5) is 12.7. The van der Waals surface area contributed by atoms with Crippen LogP contribution in [0.2, 0.25) is 0 Å². The third-order valence-electron chi connectivity index (χ3n) is 8.06. The van der Waals surface area contributed by atoms with Gasteiger partial charge in [0.15, 0.2) is 0 Å². The molecule has 48 heavy (non-hydrogen) atoms. The van der Waals surface area contributed by atoms with Gasteiger partial charge in [0, 0.05) is 54.2 Å². The van der Waals surface area contributed by atoms with E-state index in [-0.39, 0.29) is 0 Å². The van der Waals surface area contributed by atoms with Crippen LogP contribution in [0, 0.1) is 0 Å². The van der Waals surface area contributed by atoms with Crippen molar-refractivity contribution in [2.24, 2.45) is 0 Å². The van der Waals surface area contributed by atoms with Gasteiger partial charge in [-0.25, -0.2) is 0 Å². The number of hydrogen-bond acceptors (Lipinski definition) is 9. The second-order valence-corrected chi connectivity index (χ2v) is 11.2. The summed E-state index contributed by atoms with van der Waals surface area (Å²) in [6.45, 7) is 0. The van der Waals surface area contributed by atoms with Gasteiger partial charge in [-0.1, -0.05) is 54.6 Å². The van der Waals surface area contributed by atoms with Crippen molar-refractivity contribution in [1.29, 1.82) is 0 Å². The van der Waals surface area contributed by atoms with Crippen molar-refractivity contribution in [1.82, 2.24) is 15.0 Å². The van der Waals surface area contributed by atoms with Gasteiger partial charge >= 0.3 is 0 Å². The van der Waals surface area contributed by atoms with E-state index >= 15 is 0 Å². The molecular weight excluding hydrogens is 594 g/mol. The van der Waals surface area contributed by atoms with Gasteiger partial charge in [0.05, 0.1) is 34.1 Å². The molecule has 0 radical (unpaired) electrons. The highest BCUT2D eigenvalue weighted by Gasteiger charge is 2.21. The standard InChI is InChI=1S/C39H33N9/c40-34-37(46-31-13-7-25(8-14-31)28-4-1-19-43-22-28)35(41)39(48-33-17-11-27(12-18-33)30-6-3-21-45-24-30)36(42)38(34)47-32-15-9-26(10-16-32)29-5-2-20-44-23-29/h1-24,46-48H,40-42H2. The first-order valence-corrected chi connectivity index (χ1v) is 15.4. The maximum absolute atomic E-state index is 6.83. The van der Waals surface area contributed by atoms with Gasteiger partial charge in [0.1, 0.15) is 0 Å². The lowest BCUT2D eigenvalue weighted by Crippen LogP contribution is -2.11. The van der Waals surface area contributed by atoms with E-state index in [0.717, 1.165) is 50.4 Å². The molecule has 0 saturated heterocycles. The van der Waals surface area contributed by atoms with Gasteiger partial charge in [-0.15, -0.1) is 0 Å². The average Bonchev–Trinajstić information content (AvgIpc) is 3.15. The Hall–Kier alpha value is -6.87. The molecule has 0 amide bonds. The van der Waals surface area contributed by atoms with E-state index in [0.29, 0.717) is 34.1 Å². The first-order valence-electron chi connectivity index (χ1n) is 15.4. The second-order valence-electron chi connectivity index (χ2n) is 11.2. The molecule has 0 bridgehead atoms. The van der Waals surface area contributed by atoms with E-state index < -0.39 is 0 Å². The summed E-state index contributed by atoms with van der Waals surface area (Å²) in [5.41, 5.74) is 31.9. The molecule has 0 atom stereocenters. The Kier molecular flexibility index (Phi) is 8.22. The molecular formula is C39H33N9. The summed E-state index contributed by atoms with van der Waals surface area (Å²) >= 11 is 0. The topological polar surface area (TPSA) is 153 Å². The first kappa shape index (κ1) is 29.8. The smallest absolute Gasteiger partial charge is 0.0896 e. The largest absolute Gasteiger partial charge is 0.395 e. The monoisotopic (exact) mass is 627 g/mol. The quantitative estimate of drug-likeness (QED) is 0.0862. The molecule has 0 fully saturated rings. The van der Waals surface area contributed by atoms with E-state index in [1.54, 1.807) is 18.6 Å². The minimum Gasteiger partial charge on any atom is -0.395 e. The number of nitrogens with one attached hydrogen (secondary N) is 3. The summed E-state index contributed by atoms with van der Waals surface area (Å²) < 4.78 is 0. The van der Waals surface area contributed by atoms with E-state index in [2.05, 4.69) is 30.9 Å². The summed E-state index contributed by atoms with van der Waals surface area (Å²) in [6.07, 6.45) is 10.8. The number of nitrogen functional groups attached to an aromatic ring is 3. The van der Waals surface area contributed by atoms with Crippen molar-refractivity contribution >= 4 is 51.2 Å². The summed E-state index contributed by atoms with van der Waals surface area (Å²) in [6, 6.07) is 35.8. The Bertz CT molecular complexity index is 1870. The number of hydrogen-bond donors (Lipinski definition) is 6. The van der Waals surface area contributed by atoms with Crippen LogP contribution in [-0.4, -0.2) is 15.0 Å². The van der Waals surface area contributed by atoms with Crippen LogP contribution in [0.5, 0.6) is 0 Å². The van der Waals surface area contributed by atoms with Gasteiger partial charge in [0.2, 0.25) is 0 Å². The first-order chi connectivity index (χ1) is 23.5. The molecule has 7 aromatic rings. The molecule has 9 N–H and O–H groups in total. The van der Waals surface area contributed by atoms with Gasteiger partial charge in [-0.3, -0.25) is 15.0 Å². The predicted molar refractivity (Wildman–Crippen MR) is 199 cm³/mol. The molecule has 0 aliphatic carbocycles. The minimum absolute atomic E-state index is 0.384. The Balaban J connectivity index is 1.24. The summed E-state index contributed by atoms with van der Waals surface area (Å²) in [5.74, 6) is 0. The van der Waals surface area contributed by atoms with Crippen molar-refractivity contribution in [3.8, 4) is 33.4 Å². The molecule has 9 heteroatoms. The maximum atomic E-state index is 6.83. The molecule has 4 aromatic carbocycles. The van der Waals surface area contributed by atoms with E-state index in [9.17, 15) is 0 Å². The lowest BCUT2D eigenvalue weighted by molar-refractivity contribution is 1.33. The molecule has 0 aliphatic rings. The van der Waals surface area contributed by atoms with Crippen LogP contribution < -0.4 is 33.2 Å². The zero-order valence-electron chi connectivity index (χ0n) is 25.9. The van der Waals surface area contributed by atoms with Crippen molar-refractivity contribution in [2.75, 3.05) is 33.2 Å². The number of benzene rings is 4. The van der Waals surface area contributed by atoms with Crippen LogP contribution in [0.3, 0.4) is 0 Å². The SMILES string of the molecule is Nc1c(Nc2ccc(-c3cccnc3)cc2)c(N)c(Nc2ccc(-c3cccnc3)cc2)c(N)c1Nc1ccc(-c2cccnc2)cc1. The predicted octanol–water partition coefficient (Wildman–Crippen LogP) is 8.85. The number of rotatable bonds is 9. The number of pyridine rings is 3. The highest BCUT2D eigenvalue weighted by Crippen LogP contribution is 2.48. The van der Waals surface area contributed by atoms with Gasteiger partial charge in [0.25, 0.3) is 0 Å². The second kappa shape index (κ2) is 13.2. The van der Waals surface area contributed by atoms with Crippen LogP contribution in [0.25, 0.3) is 33.4 Å². The maximum Gasteiger partial charge on any atom is 0.0896 e. The zero-order valence-corrected chi connectivity index (χ0v) is 25.9. The molecule has 234 valence electrons. The fourth-order valence-electron chi connectivity index (χ4n) is 5.49. The van der Waals surface area contributed by atoms with Crippen molar-refractivity contribution in [3.63, 3.8) is 0 Å². The molecule has 0 unspecified atom stereocenters. The van der Waals surface area contributed by atoms with Crippen molar-refractivity contribution in [3.05, 3.63) is 146 Å². The van der Waals surface area contributed by atoms with E-state index in [4.69, 9.17) is 17.2 Å². The van der Waals surface area contributed by atoms with Crippen LogP contribution >= 0.6 is 0 Å². The lowest BCUT2D eigenvalue weighted by Gasteiger charge is -2.23.